The molecule has 6 N–H and O–H groups in total. The van der Waals surface area contributed by atoms with Crippen molar-refractivity contribution in [2.75, 3.05) is 6.54 Å². The van der Waals surface area contributed by atoms with E-state index in [1.165, 1.54) is 0 Å². The molecule has 0 radical (unpaired) electrons. The largest absolute Gasteiger partial charge is 1.00 e. The van der Waals surface area contributed by atoms with Crippen LogP contribution in [0.15, 0.2) is 0 Å². The zero-order chi connectivity index (χ0) is 13.4. The van der Waals surface area contributed by atoms with Crippen LogP contribution in [0.1, 0.15) is 23.5 Å². The Morgan fingerprint density at radius 1 is 0.950 bits per heavy atom. The van der Waals surface area contributed by atoms with Crippen molar-refractivity contribution in [3.05, 3.63) is 0 Å². The molecule has 0 aliphatic heterocycles. The maximum absolute atomic E-state index is 10.8. The van der Waals surface area contributed by atoms with E-state index in [0.717, 1.165) is 0 Å². The van der Waals surface area contributed by atoms with Crippen molar-refractivity contribution in [3.8, 4) is 0 Å². The monoisotopic (exact) mass is 320 g/mol. The molecule has 0 saturated carbocycles. The molecule has 0 rings (SSSR count). The third-order valence-corrected chi connectivity index (χ3v) is 2.11. The van der Waals surface area contributed by atoms with Gasteiger partial charge in [0.25, 0.3) is 0 Å². The predicted octanol–water partition coefficient (Wildman–Crippen LogP) is -9.95. The number of aliphatic carboxylic acids is 3. The Hall–Kier alpha value is 1.33. The molecule has 0 aliphatic rings. The van der Waals surface area contributed by atoms with Crippen LogP contribution < -0.4 is 99.7 Å². The van der Waals surface area contributed by atoms with E-state index in [1.54, 1.807) is 0 Å². The quantitative estimate of drug-likeness (QED) is 0.160. The number of hydrogen-bond acceptors (Lipinski definition) is 5. The van der Waals surface area contributed by atoms with Crippen molar-refractivity contribution in [1.82, 2.24) is 5.32 Å². The topological polar surface area (TPSA) is 150 Å². The summed E-state index contributed by atoms with van der Waals surface area (Å²) in [4.78, 5) is 31.9. The third kappa shape index (κ3) is 13.0. The van der Waals surface area contributed by atoms with Crippen molar-refractivity contribution in [2.45, 2.75) is 31.3 Å². The molecule has 0 aromatic heterocycles. The number of carbonyl (C=O) groups is 3. The first-order valence-corrected chi connectivity index (χ1v) is 5.04. The summed E-state index contributed by atoms with van der Waals surface area (Å²) in [5, 5.41) is 28.1. The first-order valence-electron chi connectivity index (χ1n) is 5.04. The number of rotatable bonds is 9. The second kappa shape index (κ2) is 16.7. The Bertz CT molecular complexity index is 304. The van der Waals surface area contributed by atoms with Crippen LogP contribution in [0.3, 0.4) is 0 Å². The van der Waals surface area contributed by atoms with Crippen molar-refractivity contribution in [3.63, 3.8) is 0 Å². The molecule has 0 spiro atoms. The molecular weight excluding hydrogens is 301 g/mol. The minimum absolute atomic E-state index is 0. The Morgan fingerprint density at radius 3 is 1.70 bits per heavy atom. The molecule has 0 aliphatic carbocycles. The molecule has 104 valence electrons. The Labute approximate surface area is 187 Å². The molecule has 0 amide bonds. The first kappa shape index (κ1) is 29.4. The standard InChI is InChI=1S/C9H16N2O6.3Na.3H/c10-4-2-1-3-5(7(12)13)11-6(8(14)15)9(16)17;;;;;;/h5-6,11H,1-4,10H2,(H,12,13)(H,14,15)(H,16,17);;;;;;/q;3*+1;3*-1/t5-;;;;;;/m0....../s1. The number of unbranched alkanes of at least 4 members (excludes halogenated alkanes) is 1. The molecule has 11 heteroatoms. The van der Waals surface area contributed by atoms with Gasteiger partial charge in [0.05, 0.1) is 0 Å². The van der Waals surface area contributed by atoms with E-state index in [-0.39, 0.29) is 99.4 Å². The van der Waals surface area contributed by atoms with Crippen LogP contribution >= 0.6 is 0 Å². The van der Waals surface area contributed by atoms with Crippen LogP contribution in [0.2, 0.25) is 0 Å². The molecule has 0 heterocycles. The van der Waals surface area contributed by atoms with Gasteiger partial charge in [0, 0.05) is 0 Å². The summed E-state index contributed by atoms with van der Waals surface area (Å²) in [6.07, 6.45) is 1.20. The molecule has 1 atom stereocenters. The Kier molecular flexibility index (Phi) is 24.5. The number of carboxylic acids is 3. The average molecular weight is 320 g/mol. The molecule has 0 fully saturated rings. The molecule has 0 bridgehead atoms. The molecular formula is C9H19N2Na3O6. The van der Waals surface area contributed by atoms with Gasteiger partial charge in [-0.25, -0.2) is 9.59 Å². The maximum Gasteiger partial charge on any atom is 1.00 e. The number of nitrogens with one attached hydrogen (secondary N) is 1. The van der Waals surface area contributed by atoms with Gasteiger partial charge < -0.3 is 25.3 Å². The number of hydrogen-bond donors (Lipinski definition) is 5. The summed E-state index contributed by atoms with van der Waals surface area (Å²) in [6, 6.07) is -3.13. The first-order chi connectivity index (χ1) is 7.90. The number of nitrogens with two attached hydrogens (primary N) is 1. The number of carboxylic acid groups (broad SMARTS) is 3. The van der Waals surface area contributed by atoms with E-state index in [2.05, 4.69) is 5.32 Å². The second-order valence-electron chi connectivity index (χ2n) is 3.45. The van der Waals surface area contributed by atoms with Crippen LogP contribution in [0.5, 0.6) is 0 Å². The summed E-state index contributed by atoms with van der Waals surface area (Å²) in [7, 11) is 0. The molecule has 20 heavy (non-hydrogen) atoms. The summed E-state index contributed by atoms with van der Waals surface area (Å²) >= 11 is 0. The predicted molar refractivity (Wildman–Crippen MR) is 59.9 cm³/mol. The fourth-order valence-corrected chi connectivity index (χ4v) is 1.22. The van der Waals surface area contributed by atoms with Crippen molar-refractivity contribution in [2.24, 2.45) is 5.73 Å². The van der Waals surface area contributed by atoms with Crippen molar-refractivity contribution < 1.29 is 123 Å². The van der Waals surface area contributed by atoms with Gasteiger partial charge in [-0.1, -0.05) is 6.42 Å². The zero-order valence-electron chi connectivity index (χ0n) is 15.1. The Morgan fingerprint density at radius 2 is 1.40 bits per heavy atom. The fraction of sp³-hybridized carbons (Fsp3) is 0.667. The summed E-state index contributed by atoms with van der Waals surface area (Å²) in [5.74, 6) is -4.53. The van der Waals surface area contributed by atoms with E-state index in [1.807, 2.05) is 0 Å². The van der Waals surface area contributed by atoms with Crippen LogP contribution in [0.4, 0.5) is 0 Å². The van der Waals surface area contributed by atoms with E-state index in [9.17, 15) is 14.4 Å². The molecule has 0 aromatic carbocycles. The minimum atomic E-state index is -1.92. The van der Waals surface area contributed by atoms with E-state index in [4.69, 9.17) is 21.1 Å². The summed E-state index contributed by atoms with van der Waals surface area (Å²) in [6.45, 7) is 0.396. The molecule has 8 nitrogen and oxygen atoms in total. The second-order valence-corrected chi connectivity index (χ2v) is 3.45. The summed E-state index contributed by atoms with van der Waals surface area (Å²) < 4.78 is 0. The minimum Gasteiger partial charge on any atom is -1.00 e. The molecule has 0 saturated heterocycles. The maximum atomic E-state index is 10.8. The zero-order valence-corrected chi connectivity index (χ0v) is 18.1. The van der Waals surface area contributed by atoms with Crippen LogP contribution in [0, 0.1) is 0 Å². The van der Waals surface area contributed by atoms with Crippen LogP contribution in [-0.2, 0) is 14.4 Å². The van der Waals surface area contributed by atoms with Crippen molar-refractivity contribution in [1.29, 1.82) is 0 Å². The smallest absolute Gasteiger partial charge is 1.00 e. The van der Waals surface area contributed by atoms with Gasteiger partial charge in [0.1, 0.15) is 6.04 Å². The van der Waals surface area contributed by atoms with Gasteiger partial charge in [0.15, 0.2) is 0 Å². The van der Waals surface area contributed by atoms with E-state index < -0.39 is 30.0 Å². The molecule has 0 unspecified atom stereocenters. The SMILES string of the molecule is NCCCC[C@H](NC(C(=O)O)C(=O)O)C(=O)O.[H-].[H-].[H-].[Na+].[Na+].[Na+]. The van der Waals surface area contributed by atoms with Gasteiger partial charge in [-0.15, -0.1) is 0 Å². The van der Waals surface area contributed by atoms with Gasteiger partial charge in [-0.05, 0) is 19.4 Å². The van der Waals surface area contributed by atoms with Gasteiger partial charge in [0.2, 0.25) is 6.04 Å². The van der Waals surface area contributed by atoms with E-state index in [0.29, 0.717) is 19.4 Å². The normalized spacial score (nSPS) is 10.5. The van der Waals surface area contributed by atoms with Crippen LogP contribution in [-0.4, -0.2) is 51.9 Å². The fourth-order valence-electron chi connectivity index (χ4n) is 1.22. The average Bonchev–Trinajstić information content (AvgIpc) is 2.21. The van der Waals surface area contributed by atoms with Gasteiger partial charge in [-0.2, -0.15) is 0 Å². The van der Waals surface area contributed by atoms with Gasteiger partial charge >= 0.3 is 107 Å². The summed E-state index contributed by atoms with van der Waals surface area (Å²) in [5.41, 5.74) is 5.23. The Balaban J connectivity index is -0.0000000853. The van der Waals surface area contributed by atoms with Gasteiger partial charge in [-0.3, -0.25) is 10.1 Å². The molecule has 0 aromatic rings. The third-order valence-electron chi connectivity index (χ3n) is 2.11. The van der Waals surface area contributed by atoms with Crippen LogP contribution in [0.25, 0.3) is 0 Å². The van der Waals surface area contributed by atoms with E-state index >= 15 is 0 Å². The van der Waals surface area contributed by atoms with Crippen molar-refractivity contribution >= 4 is 17.9 Å².